The van der Waals surface area contributed by atoms with E-state index in [9.17, 15) is 22.8 Å². The zero-order chi connectivity index (χ0) is 21.0. The summed E-state index contributed by atoms with van der Waals surface area (Å²) in [6.07, 6.45) is -2.26. The Hall–Kier alpha value is -3.62. The van der Waals surface area contributed by atoms with E-state index in [4.69, 9.17) is 0 Å². The summed E-state index contributed by atoms with van der Waals surface area (Å²) in [5.41, 5.74) is 5.47. The fourth-order valence-corrected chi connectivity index (χ4v) is 2.70. The number of rotatable bonds is 4. The fraction of sp³-hybridized carbons (Fsp3) is 0.150. The largest absolute Gasteiger partial charge is 0.416 e. The third-order valence-electron chi connectivity index (χ3n) is 4.16. The van der Waals surface area contributed by atoms with Crippen molar-refractivity contribution in [2.45, 2.75) is 12.6 Å². The van der Waals surface area contributed by atoms with Crippen LogP contribution in [0.1, 0.15) is 17.0 Å². The number of carbonyl (C=O) groups is 2. The number of halogens is 3. The SMILES string of the molecule is Cn1c(CC(=O)NNC(=O)/C=C/c2cccc(C(F)(F)F)c2)nc2ccccc21. The molecular weight excluding hydrogens is 385 g/mol. The highest BCUT2D eigenvalue weighted by molar-refractivity contribution is 5.93. The van der Waals surface area contributed by atoms with Crippen molar-refractivity contribution >= 4 is 28.9 Å². The van der Waals surface area contributed by atoms with Crippen molar-refractivity contribution in [3.63, 3.8) is 0 Å². The number of alkyl halides is 3. The monoisotopic (exact) mass is 402 g/mol. The molecule has 2 amide bonds. The van der Waals surface area contributed by atoms with Crippen LogP contribution in [0.2, 0.25) is 0 Å². The minimum atomic E-state index is -4.46. The summed E-state index contributed by atoms with van der Waals surface area (Å²) in [6.45, 7) is 0. The van der Waals surface area contributed by atoms with E-state index in [1.165, 1.54) is 18.2 Å². The number of nitrogens with zero attached hydrogens (tertiary/aromatic N) is 2. The van der Waals surface area contributed by atoms with Gasteiger partial charge in [0.05, 0.1) is 23.0 Å². The average Bonchev–Trinajstić information content (AvgIpc) is 3.00. The molecule has 29 heavy (non-hydrogen) atoms. The second kappa shape index (κ2) is 8.17. The maximum atomic E-state index is 12.7. The van der Waals surface area contributed by atoms with Crippen LogP contribution in [0.3, 0.4) is 0 Å². The third kappa shape index (κ3) is 5.01. The normalized spacial score (nSPS) is 11.7. The first-order valence-corrected chi connectivity index (χ1v) is 8.58. The summed E-state index contributed by atoms with van der Waals surface area (Å²) in [6, 6.07) is 12.0. The lowest BCUT2D eigenvalue weighted by Gasteiger charge is -2.07. The molecule has 1 aromatic heterocycles. The fourth-order valence-electron chi connectivity index (χ4n) is 2.70. The van der Waals surface area contributed by atoms with Crippen molar-refractivity contribution in [2.75, 3.05) is 0 Å². The van der Waals surface area contributed by atoms with Gasteiger partial charge < -0.3 is 4.57 Å². The van der Waals surface area contributed by atoms with Crippen LogP contribution in [0.25, 0.3) is 17.1 Å². The van der Waals surface area contributed by atoms with Gasteiger partial charge in [0.15, 0.2) is 0 Å². The van der Waals surface area contributed by atoms with Crippen molar-refractivity contribution in [3.05, 3.63) is 71.6 Å². The molecule has 0 aliphatic rings. The van der Waals surface area contributed by atoms with Crippen molar-refractivity contribution in [2.24, 2.45) is 7.05 Å². The van der Waals surface area contributed by atoms with Crippen molar-refractivity contribution in [1.82, 2.24) is 20.4 Å². The molecule has 0 saturated carbocycles. The van der Waals surface area contributed by atoms with Crippen molar-refractivity contribution in [3.8, 4) is 0 Å². The van der Waals surface area contributed by atoms with E-state index in [1.807, 2.05) is 24.3 Å². The van der Waals surface area contributed by atoms with E-state index < -0.39 is 23.6 Å². The van der Waals surface area contributed by atoms with Gasteiger partial charge in [0.1, 0.15) is 5.82 Å². The number of para-hydroxylation sites is 2. The van der Waals surface area contributed by atoms with Crippen LogP contribution in [0.4, 0.5) is 13.2 Å². The Kier molecular flexibility index (Phi) is 5.67. The topological polar surface area (TPSA) is 76.0 Å². The third-order valence-corrected chi connectivity index (χ3v) is 4.16. The lowest BCUT2D eigenvalue weighted by Crippen LogP contribution is -2.41. The number of fused-ring (bicyclic) bond motifs is 1. The smallest absolute Gasteiger partial charge is 0.331 e. The predicted octanol–water partition coefficient (Wildman–Crippen LogP) is 3.00. The molecule has 0 aliphatic heterocycles. The zero-order valence-electron chi connectivity index (χ0n) is 15.3. The van der Waals surface area contributed by atoms with E-state index in [-0.39, 0.29) is 12.0 Å². The van der Waals surface area contributed by atoms with Crippen LogP contribution in [0.5, 0.6) is 0 Å². The molecule has 1 heterocycles. The summed E-state index contributed by atoms with van der Waals surface area (Å²) >= 11 is 0. The second-order valence-electron chi connectivity index (χ2n) is 6.25. The summed E-state index contributed by atoms with van der Waals surface area (Å²) < 4.78 is 39.9. The van der Waals surface area contributed by atoms with Crippen LogP contribution in [0.15, 0.2) is 54.6 Å². The Morgan fingerprint density at radius 3 is 2.59 bits per heavy atom. The summed E-state index contributed by atoms with van der Waals surface area (Å²) in [7, 11) is 1.79. The van der Waals surface area contributed by atoms with E-state index in [2.05, 4.69) is 15.8 Å². The number of hydrogen-bond acceptors (Lipinski definition) is 3. The van der Waals surface area contributed by atoms with Crippen LogP contribution in [0, 0.1) is 0 Å². The van der Waals surface area contributed by atoms with Crippen LogP contribution in [-0.4, -0.2) is 21.4 Å². The van der Waals surface area contributed by atoms with Gasteiger partial charge in [-0.15, -0.1) is 0 Å². The maximum Gasteiger partial charge on any atom is 0.416 e. The predicted molar refractivity (Wildman–Crippen MR) is 101 cm³/mol. The number of imidazole rings is 1. The Morgan fingerprint density at radius 1 is 1.10 bits per heavy atom. The Morgan fingerprint density at radius 2 is 1.86 bits per heavy atom. The highest BCUT2D eigenvalue weighted by Gasteiger charge is 2.30. The van der Waals surface area contributed by atoms with E-state index >= 15 is 0 Å². The van der Waals surface area contributed by atoms with Crippen LogP contribution >= 0.6 is 0 Å². The molecule has 0 fully saturated rings. The van der Waals surface area contributed by atoms with E-state index in [0.717, 1.165) is 29.2 Å². The van der Waals surface area contributed by atoms with Crippen LogP contribution < -0.4 is 10.9 Å². The Labute approximate surface area is 164 Å². The number of aromatic nitrogens is 2. The van der Waals surface area contributed by atoms with E-state index in [0.29, 0.717) is 5.82 Å². The molecule has 0 bridgehead atoms. The lowest BCUT2D eigenvalue weighted by atomic mass is 10.1. The first-order chi connectivity index (χ1) is 13.7. The zero-order valence-corrected chi connectivity index (χ0v) is 15.3. The van der Waals surface area contributed by atoms with Crippen molar-refractivity contribution in [1.29, 1.82) is 0 Å². The van der Waals surface area contributed by atoms with Crippen molar-refractivity contribution < 1.29 is 22.8 Å². The Balaban J connectivity index is 1.55. The first-order valence-electron chi connectivity index (χ1n) is 8.58. The average molecular weight is 402 g/mol. The molecule has 0 atom stereocenters. The standard InChI is InChI=1S/C20H17F3N4O2/c1-27-16-8-3-2-7-15(16)24-17(27)12-19(29)26-25-18(28)10-9-13-5-4-6-14(11-13)20(21,22)23/h2-11H,12H2,1H3,(H,25,28)(H,26,29)/b10-9+. The molecule has 0 radical (unpaired) electrons. The number of benzene rings is 2. The molecule has 9 heteroatoms. The van der Waals surface area contributed by atoms with Gasteiger partial charge in [0.2, 0.25) is 5.91 Å². The van der Waals surface area contributed by atoms with Gasteiger partial charge in [-0.05, 0) is 35.9 Å². The highest BCUT2D eigenvalue weighted by Crippen LogP contribution is 2.29. The number of aryl methyl sites for hydroxylation is 1. The number of hydrogen-bond donors (Lipinski definition) is 2. The quantitative estimate of drug-likeness (QED) is 0.520. The first kappa shape index (κ1) is 20.1. The van der Waals surface area contributed by atoms with Crippen LogP contribution in [-0.2, 0) is 29.2 Å². The number of nitrogens with one attached hydrogen (secondary N) is 2. The molecule has 3 aromatic rings. The van der Waals surface area contributed by atoms with Gasteiger partial charge in [-0.2, -0.15) is 13.2 Å². The minimum absolute atomic E-state index is 0.0528. The number of hydrazine groups is 1. The van der Waals surface area contributed by atoms with Gasteiger partial charge in [-0.1, -0.05) is 24.3 Å². The molecule has 0 unspecified atom stereocenters. The highest BCUT2D eigenvalue weighted by atomic mass is 19.4. The van der Waals surface area contributed by atoms with Gasteiger partial charge in [0.25, 0.3) is 5.91 Å². The number of amides is 2. The Bertz CT molecular complexity index is 1090. The molecule has 0 spiro atoms. The molecule has 0 aliphatic carbocycles. The molecule has 6 nitrogen and oxygen atoms in total. The second-order valence-corrected chi connectivity index (χ2v) is 6.25. The maximum absolute atomic E-state index is 12.7. The van der Waals surface area contributed by atoms with Gasteiger partial charge in [-0.25, -0.2) is 4.98 Å². The van der Waals surface area contributed by atoms with Gasteiger partial charge in [0, 0.05) is 13.1 Å². The molecule has 0 saturated heterocycles. The molecule has 3 rings (SSSR count). The molecule has 2 N–H and O–H groups in total. The summed E-state index contributed by atoms with van der Waals surface area (Å²) in [4.78, 5) is 28.2. The lowest BCUT2D eigenvalue weighted by molar-refractivity contribution is -0.137. The molecular formula is C20H17F3N4O2. The number of carbonyl (C=O) groups excluding carboxylic acids is 2. The molecule has 2 aromatic carbocycles. The minimum Gasteiger partial charge on any atom is -0.331 e. The van der Waals surface area contributed by atoms with Gasteiger partial charge in [-0.3, -0.25) is 20.4 Å². The van der Waals surface area contributed by atoms with Gasteiger partial charge >= 0.3 is 6.18 Å². The summed E-state index contributed by atoms with van der Waals surface area (Å²) in [5.74, 6) is -0.637. The van der Waals surface area contributed by atoms with E-state index in [1.54, 1.807) is 11.6 Å². The summed E-state index contributed by atoms with van der Waals surface area (Å²) in [5, 5.41) is 0. The molecule has 150 valence electrons.